The van der Waals surface area contributed by atoms with Crippen molar-refractivity contribution in [2.75, 3.05) is 0 Å². The Labute approximate surface area is 165 Å². The highest BCUT2D eigenvalue weighted by Crippen LogP contribution is 2.45. The topological polar surface area (TPSA) is 22.4 Å². The molecule has 27 heavy (non-hydrogen) atoms. The summed E-state index contributed by atoms with van der Waals surface area (Å²) in [5.74, 6) is 0.858. The van der Waals surface area contributed by atoms with Crippen LogP contribution in [-0.4, -0.2) is 0 Å². The van der Waals surface area contributed by atoms with Gasteiger partial charge in [-0.2, -0.15) is 11.3 Å². The molecule has 132 valence electrons. The number of hydrogen-bond donors (Lipinski definition) is 0. The molecular weight excluding hydrogens is 372 g/mol. The van der Waals surface area contributed by atoms with Gasteiger partial charge in [-0.05, 0) is 46.7 Å². The number of ether oxygens (including phenoxy) is 1. The van der Waals surface area contributed by atoms with Gasteiger partial charge in [0.05, 0.1) is 12.5 Å². The SMILES string of the molecule is c1ccc2c(-c3ccc(OCc4ccoc4)cc3)c(-c3ccsc3)sc2c1. The van der Waals surface area contributed by atoms with E-state index >= 15 is 0 Å². The maximum atomic E-state index is 5.86. The minimum Gasteiger partial charge on any atom is -0.489 e. The molecular formula is C23H16O2S2. The maximum absolute atomic E-state index is 5.86. The molecule has 3 heterocycles. The van der Waals surface area contributed by atoms with E-state index in [1.807, 2.05) is 29.5 Å². The number of rotatable bonds is 5. The zero-order valence-corrected chi connectivity index (χ0v) is 16.1. The molecule has 0 atom stereocenters. The number of benzene rings is 2. The molecule has 0 spiro atoms. The van der Waals surface area contributed by atoms with E-state index < -0.39 is 0 Å². The highest BCUT2D eigenvalue weighted by atomic mass is 32.1. The Morgan fingerprint density at radius 1 is 0.889 bits per heavy atom. The Kier molecular flexibility index (Phi) is 4.28. The molecule has 0 amide bonds. The van der Waals surface area contributed by atoms with Gasteiger partial charge in [0.1, 0.15) is 12.4 Å². The molecule has 0 saturated carbocycles. The number of thiophene rings is 2. The van der Waals surface area contributed by atoms with E-state index in [0.29, 0.717) is 6.61 Å². The molecule has 0 aliphatic heterocycles. The third-order valence-electron chi connectivity index (χ3n) is 4.51. The van der Waals surface area contributed by atoms with Crippen molar-refractivity contribution in [2.45, 2.75) is 6.61 Å². The Bertz CT molecular complexity index is 1150. The quantitative estimate of drug-likeness (QED) is 0.311. The summed E-state index contributed by atoms with van der Waals surface area (Å²) < 4.78 is 12.3. The summed E-state index contributed by atoms with van der Waals surface area (Å²) in [6, 6.07) is 21.1. The van der Waals surface area contributed by atoms with Crippen LogP contribution in [0, 0.1) is 0 Å². The second kappa shape index (κ2) is 7.06. The van der Waals surface area contributed by atoms with Crippen molar-refractivity contribution >= 4 is 32.8 Å². The van der Waals surface area contributed by atoms with Gasteiger partial charge in [0.25, 0.3) is 0 Å². The normalized spacial score (nSPS) is 11.1. The van der Waals surface area contributed by atoms with Crippen LogP contribution in [0.15, 0.2) is 88.4 Å². The summed E-state index contributed by atoms with van der Waals surface area (Å²) in [5.41, 5.74) is 4.83. The van der Waals surface area contributed by atoms with Crippen LogP contribution in [0.4, 0.5) is 0 Å². The summed E-state index contributed by atoms with van der Waals surface area (Å²) >= 11 is 3.59. The van der Waals surface area contributed by atoms with Gasteiger partial charge in [0, 0.05) is 31.7 Å². The molecule has 0 N–H and O–H groups in total. The minimum absolute atomic E-state index is 0.511. The lowest BCUT2D eigenvalue weighted by atomic mass is 10.00. The molecule has 5 aromatic rings. The summed E-state index contributed by atoms with van der Waals surface area (Å²) in [6.07, 6.45) is 3.37. The van der Waals surface area contributed by atoms with Gasteiger partial charge in [0.15, 0.2) is 0 Å². The maximum Gasteiger partial charge on any atom is 0.119 e. The standard InChI is InChI=1S/C23H16O2S2/c1-2-4-21-20(3-1)22(23(27-21)18-10-12-26-15-18)17-5-7-19(8-6-17)25-14-16-9-11-24-13-16/h1-13,15H,14H2. The number of furan rings is 1. The predicted molar refractivity (Wildman–Crippen MR) is 114 cm³/mol. The smallest absolute Gasteiger partial charge is 0.119 e. The van der Waals surface area contributed by atoms with Crippen LogP contribution in [0.2, 0.25) is 0 Å². The van der Waals surface area contributed by atoms with Gasteiger partial charge in [-0.3, -0.25) is 0 Å². The third-order valence-corrected chi connectivity index (χ3v) is 6.41. The summed E-state index contributed by atoms with van der Waals surface area (Å²) in [5, 5.41) is 5.66. The fourth-order valence-corrected chi connectivity index (χ4v) is 5.13. The second-order valence-electron chi connectivity index (χ2n) is 6.26. The highest BCUT2D eigenvalue weighted by molar-refractivity contribution is 7.23. The molecule has 0 aliphatic carbocycles. The lowest BCUT2D eigenvalue weighted by Crippen LogP contribution is -1.93. The molecule has 2 nitrogen and oxygen atoms in total. The lowest BCUT2D eigenvalue weighted by molar-refractivity contribution is 0.305. The van der Waals surface area contributed by atoms with Gasteiger partial charge in [-0.25, -0.2) is 0 Å². The first kappa shape index (κ1) is 16.4. The van der Waals surface area contributed by atoms with Gasteiger partial charge < -0.3 is 9.15 Å². The first-order chi connectivity index (χ1) is 13.4. The Hall–Kier alpha value is -2.82. The van der Waals surface area contributed by atoms with E-state index in [1.165, 1.54) is 31.7 Å². The fourth-order valence-electron chi connectivity index (χ4n) is 3.19. The highest BCUT2D eigenvalue weighted by Gasteiger charge is 2.15. The van der Waals surface area contributed by atoms with Crippen LogP contribution >= 0.6 is 22.7 Å². The average Bonchev–Trinajstić information content (AvgIpc) is 3.47. The van der Waals surface area contributed by atoms with E-state index in [9.17, 15) is 0 Å². The van der Waals surface area contributed by atoms with Crippen molar-refractivity contribution in [2.24, 2.45) is 0 Å². The van der Waals surface area contributed by atoms with Gasteiger partial charge in [-0.1, -0.05) is 30.3 Å². The van der Waals surface area contributed by atoms with Crippen molar-refractivity contribution in [1.82, 2.24) is 0 Å². The summed E-state index contributed by atoms with van der Waals surface area (Å²) in [7, 11) is 0. The summed E-state index contributed by atoms with van der Waals surface area (Å²) in [4.78, 5) is 1.32. The van der Waals surface area contributed by atoms with Crippen molar-refractivity contribution in [3.63, 3.8) is 0 Å². The number of fused-ring (bicyclic) bond motifs is 1. The van der Waals surface area contributed by atoms with Gasteiger partial charge in [-0.15, -0.1) is 11.3 Å². The second-order valence-corrected chi connectivity index (χ2v) is 8.09. The third kappa shape index (κ3) is 3.18. The minimum atomic E-state index is 0.511. The number of hydrogen-bond acceptors (Lipinski definition) is 4. The van der Waals surface area contributed by atoms with Crippen molar-refractivity contribution in [3.05, 3.63) is 89.5 Å². The molecule has 0 bridgehead atoms. The first-order valence-corrected chi connectivity index (χ1v) is 10.4. The molecule has 0 aliphatic rings. The molecule has 0 saturated heterocycles. The van der Waals surface area contributed by atoms with E-state index in [4.69, 9.17) is 9.15 Å². The Balaban J connectivity index is 1.52. The fraction of sp³-hybridized carbons (Fsp3) is 0.0435. The summed E-state index contributed by atoms with van der Waals surface area (Å²) in [6.45, 7) is 0.511. The van der Waals surface area contributed by atoms with Crippen LogP contribution in [-0.2, 0) is 6.61 Å². The van der Waals surface area contributed by atoms with E-state index in [2.05, 4.69) is 53.2 Å². The van der Waals surface area contributed by atoms with Crippen LogP contribution < -0.4 is 4.74 Å². The molecule has 0 unspecified atom stereocenters. The van der Waals surface area contributed by atoms with Crippen LogP contribution in [0.5, 0.6) is 5.75 Å². The van der Waals surface area contributed by atoms with Crippen molar-refractivity contribution < 1.29 is 9.15 Å². The predicted octanol–water partition coefficient (Wildman–Crippen LogP) is 7.47. The molecule has 5 rings (SSSR count). The van der Waals surface area contributed by atoms with E-state index in [-0.39, 0.29) is 0 Å². The zero-order valence-electron chi connectivity index (χ0n) is 14.4. The van der Waals surface area contributed by atoms with Gasteiger partial charge in [0.2, 0.25) is 0 Å². The monoisotopic (exact) mass is 388 g/mol. The largest absolute Gasteiger partial charge is 0.489 e. The Morgan fingerprint density at radius 2 is 1.78 bits per heavy atom. The van der Waals surface area contributed by atoms with Crippen molar-refractivity contribution in [1.29, 1.82) is 0 Å². The first-order valence-electron chi connectivity index (χ1n) is 8.67. The van der Waals surface area contributed by atoms with Crippen LogP contribution in [0.1, 0.15) is 5.56 Å². The van der Waals surface area contributed by atoms with Crippen LogP contribution in [0.25, 0.3) is 31.7 Å². The zero-order chi connectivity index (χ0) is 18.1. The Morgan fingerprint density at radius 3 is 2.56 bits per heavy atom. The van der Waals surface area contributed by atoms with E-state index in [1.54, 1.807) is 23.9 Å². The molecule has 4 heteroatoms. The molecule has 0 fully saturated rings. The van der Waals surface area contributed by atoms with Crippen molar-refractivity contribution in [3.8, 4) is 27.3 Å². The lowest BCUT2D eigenvalue weighted by Gasteiger charge is -2.08. The molecule has 2 aromatic carbocycles. The van der Waals surface area contributed by atoms with Gasteiger partial charge >= 0.3 is 0 Å². The molecule has 0 radical (unpaired) electrons. The average molecular weight is 389 g/mol. The van der Waals surface area contributed by atoms with Crippen LogP contribution in [0.3, 0.4) is 0 Å². The van der Waals surface area contributed by atoms with E-state index in [0.717, 1.165) is 11.3 Å². The molecule has 3 aromatic heterocycles.